The van der Waals surface area contributed by atoms with Crippen LogP contribution < -0.4 is 4.74 Å². The summed E-state index contributed by atoms with van der Waals surface area (Å²) in [7, 11) is 1.64. The molecule has 1 aromatic rings. The molecule has 0 saturated carbocycles. The van der Waals surface area contributed by atoms with Crippen molar-refractivity contribution >= 4 is 11.9 Å². The number of carbonyl (C=O) groups is 2. The number of hydrogen-bond acceptors (Lipinski definition) is 4. The maximum Gasteiger partial charge on any atom is 0.335 e. The molecule has 0 saturated heterocycles. The summed E-state index contributed by atoms with van der Waals surface area (Å²) in [6, 6.07) is 3.75. The monoisotopic (exact) mass is 282 g/mol. The molecular weight excluding hydrogens is 264 g/mol. The number of benzene rings is 1. The molecule has 0 aliphatic carbocycles. The first-order valence-electron chi connectivity index (χ1n) is 6.28. The second-order valence-corrected chi connectivity index (χ2v) is 4.26. The van der Waals surface area contributed by atoms with Gasteiger partial charge in [-0.25, -0.2) is 9.59 Å². The Morgan fingerprint density at radius 2 is 1.50 bits per heavy atom. The smallest absolute Gasteiger partial charge is 0.335 e. The van der Waals surface area contributed by atoms with E-state index in [0.717, 1.165) is 25.3 Å². The van der Waals surface area contributed by atoms with Crippen molar-refractivity contribution in [1.29, 1.82) is 0 Å². The minimum atomic E-state index is -1.18. The molecule has 0 unspecified atom stereocenters. The molecule has 0 aliphatic rings. The van der Waals surface area contributed by atoms with Gasteiger partial charge in [-0.1, -0.05) is 0 Å². The highest BCUT2D eigenvalue weighted by Gasteiger charge is 2.11. The highest BCUT2D eigenvalue weighted by atomic mass is 16.5. The standard InChI is InChI=1S/C14H18O6/c1-19-5-3-2-4-6-20-12-8-10(13(15)16)7-11(9-12)14(17)18/h7-9H,2-6H2,1H3,(H,15,16)(H,17,18). The number of ether oxygens (including phenoxy) is 2. The van der Waals surface area contributed by atoms with Crippen molar-refractivity contribution in [2.24, 2.45) is 0 Å². The van der Waals surface area contributed by atoms with E-state index in [1.165, 1.54) is 12.1 Å². The number of aromatic carboxylic acids is 2. The van der Waals surface area contributed by atoms with Crippen LogP contribution in [0.15, 0.2) is 18.2 Å². The van der Waals surface area contributed by atoms with Crippen LogP contribution in [-0.4, -0.2) is 42.5 Å². The number of carboxylic acids is 2. The molecule has 0 heterocycles. The maximum atomic E-state index is 10.9. The quantitative estimate of drug-likeness (QED) is 0.675. The van der Waals surface area contributed by atoms with Gasteiger partial charge in [-0.05, 0) is 37.5 Å². The Bertz CT molecular complexity index is 436. The van der Waals surface area contributed by atoms with Crippen molar-refractivity contribution in [3.8, 4) is 5.75 Å². The van der Waals surface area contributed by atoms with Gasteiger partial charge >= 0.3 is 11.9 Å². The average molecular weight is 282 g/mol. The molecule has 0 atom stereocenters. The summed E-state index contributed by atoms with van der Waals surface area (Å²) in [5, 5.41) is 17.8. The summed E-state index contributed by atoms with van der Waals surface area (Å²) < 4.78 is 10.3. The lowest BCUT2D eigenvalue weighted by Crippen LogP contribution is -2.05. The summed E-state index contributed by atoms with van der Waals surface area (Å²) in [5.41, 5.74) is -0.196. The Morgan fingerprint density at radius 1 is 0.950 bits per heavy atom. The normalized spacial score (nSPS) is 10.2. The topological polar surface area (TPSA) is 93.1 Å². The Hall–Kier alpha value is -2.08. The van der Waals surface area contributed by atoms with Crippen LogP contribution in [0.3, 0.4) is 0 Å². The maximum absolute atomic E-state index is 10.9. The molecule has 0 radical (unpaired) electrons. The molecule has 110 valence electrons. The van der Waals surface area contributed by atoms with Crippen molar-refractivity contribution in [3.05, 3.63) is 29.3 Å². The molecule has 1 aromatic carbocycles. The van der Waals surface area contributed by atoms with Crippen LogP contribution in [0.1, 0.15) is 40.0 Å². The van der Waals surface area contributed by atoms with Crippen LogP contribution in [0, 0.1) is 0 Å². The third kappa shape index (κ3) is 5.27. The van der Waals surface area contributed by atoms with E-state index in [0.29, 0.717) is 13.2 Å². The zero-order chi connectivity index (χ0) is 15.0. The predicted molar refractivity (Wildman–Crippen MR) is 71.6 cm³/mol. The highest BCUT2D eigenvalue weighted by molar-refractivity contribution is 5.94. The summed E-state index contributed by atoms with van der Waals surface area (Å²) in [6.45, 7) is 1.10. The van der Waals surface area contributed by atoms with Gasteiger partial charge < -0.3 is 19.7 Å². The van der Waals surface area contributed by atoms with E-state index in [9.17, 15) is 9.59 Å². The predicted octanol–water partition coefficient (Wildman–Crippen LogP) is 2.28. The van der Waals surface area contributed by atoms with Crippen molar-refractivity contribution in [2.75, 3.05) is 20.3 Å². The first-order chi connectivity index (χ1) is 9.54. The fraction of sp³-hybridized carbons (Fsp3) is 0.429. The number of hydrogen-bond donors (Lipinski definition) is 2. The van der Waals surface area contributed by atoms with Gasteiger partial charge in [0.1, 0.15) is 5.75 Å². The van der Waals surface area contributed by atoms with E-state index in [-0.39, 0.29) is 16.9 Å². The largest absolute Gasteiger partial charge is 0.494 e. The lowest BCUT2D eigenvalue weighted by Gasteiger charge is -2.08. The van der Waals surface area contributed by atoms with E-state index in [4.69, 9.17) is 19.7 Å². The lowest BCUT2D eigenvalue weighted by molar-refractivity contribution is 0.0696. The van der Waals surface area contributed by atoms with E-state index >= 15 is 0 Å². The molecule has 20 heavy (non-hydrogen) atoms. The van der Waals surface area contributed by atoms with Gasteiger partial charge in [-0.2, -0.15) is 0 Å². The molecule has 0 spiro atoms. The SMILES string of the molecule is COCCCCCOc1cc(C(=O)O)cc(C(=O)O)c1. The van der Waals surface area contributed by atoms with Gasteiger partial charge in [0.2, 0.25) is 0 Å². The van der Waals surface area contributed by atoms with Crippen molar-refractivity contribution in [2.45, 2.75) is 19.3 Å². The number of methoxy groups -OCH3 is 1. The average Bonchev–Trinajstić information content (AvgIpc) is 2.42. The van der Waals surface area contributed by atoms with E-state index in [1.54, 1.807) is 7.11 Å². The fourth-order valence-corrected chi connectivity index (χ4v) is 1.64. The van der Waals surface area contributed by atoms with Gasteiger partial charge in [0.15, 0.2) is 0 Å². The Morgan fingerprint density at radius 3 is 2.00 bits per heavy atom. The van der Waals surface area contributed by atoms with Crippen LogP contribution in [0.2, 0.25) is 0 Å². The molecule has 2 N–H and O–H groups in total. The first-order valence-corrected chi connectivity index (χ1v) is 6.28. The fourth-order valence-electron chi connectivity index (χ4n) is 1.64. The minimum Gasteiger partial charge on any atom is -0.494 e. The van der Waals surface area contributed by atoms with Crippen molar-refractivity contribution < 1.29 is 29.3 Å². The van der Waals surface area contributed by atoms with E-state index < -0.39 is 11.9 Å². The lowest BCUT2D eigenvalue weighted by atomic mass is 10.1. The Kier molecular flexibility index (Phi) is 6.52. The van der Waals surface area contributed by atoms with Gasteiger partial charge in [-0.3, -0.25) is 0 Å². The number of unbranched alkanes of at least 4 members (excludes halogenated alkanes) is 2. The number of carboxylic acid groups (broad SMARTS) is 2. The van der Waals surface area contributed by atoms with Gasteiger partial charge in [0.05, 0.1) is 17.7 Å². The zero-order valence-electron chi connectivity index (χ0n) is 11.3. The van der Waals surface area contributed by atoms with Crippen LogP contribution in [0.5, 0.6) is 5.75 Å². The molecule has 0 fully saturated rings. The molecule has 6 nitrogen and oxygen atoms in total. The van der Waals surface area contributed by atoms with Gasteiger partial charge in [0, 0.05) is 13.7 Å². The highest BCUT2D eigenvalue weighted by Crippen LogP contribution is 2.18. The van der Waals surface area contributed by atoms with E-state index in [1.807, 2.05) is 0 Å². The third-order valence-corrected chi connectivity index (χ3v) is 2.66. The summed E-state index contributed by atoms with van der Waals surface area (Å²) >= 11 is 0. The van der Waals surface area contributed by atoms with Gasteiger partial charge in [-0.15, -0.1) is 0 Å². The van der Waals surface area contributed by atoms with Crippen molar-refractivity contribution in [1.82, 2.24) is 0 Å². The zero-order valence-corrected chi connectivity index (χ0v) is 11.3. The number of rotatable bonds is 9. The van der Waals surface area contributed by atoms with Gasteiger partial charge in [0.25, 0.3) is 0 Å². The van der Waals surface area contributed by atoms with E-state index in [2.05, 4.69) is 0 Å². The molecule has 6 heteroatoms. The first kappa shape index (κ1) is 16.0. The van der Waals surface area contributed by atoms with Crippen molar-refractivity contribution in [3.63, 3.8) is 0 Å². The third-order valence-electron chi connectivity index (χ3n) is 2.66. The second-order valence-electron chi connectivity index (χ2n) is 4.26. The Labute approximate surface area is 116 Å². The summed E-state index contributed by atoms with van der Waals surface area (Å²) in [6.07, 6.45) is 2.65. The van der Waals surface area contributed by atoms with Crippen LogP contribution in [0.4, 0.5) is 0 Å². The molecule has 0 aromatic heterocycles. The second kappa shape index (κ2) is 8.16. The molecule has 0 bridgehead atoms. The molecule has 0 aliphatic heterocycles. The van der Waals surface area contributed by atoms with Crippen LogP contribution >= 0.6 is 0 Å². The van der Waals surface area contributed by atoms with Crippen LogP contribution in [0.25, 0.3) is 0 Å². The summed E-state index contributed by atoms with van der Waals surface area (Å²) in [4.78, 5) is 21.8. The molecule has 1 rings (SSSR count). The van der Waals surface area contributed by atoms with Crippen LogP contribution in [-0.2, 0) is 4.74 Å². The minimum absolute atomic E-state index is 0.0979. The Balaban J connectivity index is 2.60. The summed E-state index contributed by atoms with van der Waals surface area (Å²) in [5.74, 6) is -2.11. The molecule has 0 amide bonds. The molecular formula is C14H18O6.